The quantitative estimate of drug-likeness (QED) is 0.747. The molecular weight excluding hydrogens is 324 g/mol. The van der Waals surface area contributed by atoms with Crippen molar-refractivity contribution in [1.82, 2.24) is 9.80 Å². The van der Waals surface area contributed by atoms with Gasteiger partial charge < -0.3 is 4.90 Å². The lowest BCUT2D eigenvalue weighted by Crippen LogP contribution is -2.48. The summed E-state index contributed by atoms with van der Waals surface area (Å²) in [4.78, 5) is 18.0. The van der Waals surface area contributed by atoms with E-state index in [0.717, 1.165) is 38.5 Å². The molecule has 1 saturated heterocycles. The average Bonchev–Trinajstić information content (AvgIpc) is 3.09. The number of rotatable bonds is 6. The number of thioether (sulfide) groups is 1. The zero-order valence-electron chi connectivity index (χ0n) is 13.2. The van der Waals surface area contributed by atoms with E-state index in [2.05, 4.69) is 33.9 Å². The third-order valence-corrected chi connectivity index (χ3v) is 5.78. The highest BCUT2D eigenvalue weighted by Crippen LogP contribution is 2.18. The van der Waals surface area contributed by atoms with Gasteiger partial charge in [0.2, 0.25) is 5.91 Å². The maximum atomic E-state index is 12.3. The molecule has 1 aliphatic heterocycles. The predicted molar refractivity (Wildman–Crippen MR) is 98.0 cm³/mol. The summed E-state index contributed by atoms with van der Waals surface area (Å²) in [5.74, 6) is 1.15. The highest BCUT2D eigenvalue weighted by molar-refractivity contribution is 7.99. The topological polar surface area (TPSA) is 23.6 Å². The lowest BCUT2D eigenvalue weighted by molar-refractivity contribution is -0.132. The Kier molecular flexibility index (Phi) is 6.13. The zero-order valence-corrected chi connectivity index (χ0v) is 14.8. The molecular formula is C18H22N2OS2. The third kappa shape index (κ3) is 5.09. The van der Waals surface area contributed by atoms with Gasteiger partial charge in [-0.1, -0.05) is 18.2 Å². The maximum Gasteiger partial charge on any atom is 0.223 e. The minimum atomic E-state index is 0.295. The molecule has 0 unspecified atom stereocenters. The molecule has 0 bridgehead atoms. The summed E-state index contributed by atoms with van der Waals surface area (Å²) in [6, 6.07) is 12.5. The lowest BCUT2D eigenvalue weighted by atomic mass is 10.2. The molecule has 0 saturated carbocycles. The third-order valence-electron chi connectivity index (χ3n) is 4.04. The van der Waals surface area contributed by atoms with Gasteiger partial charge in [0.15, 0.2) is 0 Å². The van der Waals surface area contributed by atoms with E-state index in [9.17, 15) is 4.79 Å². The van der Waals surface area contributed by atoms with Gasteiger partial charge >= 0.3 is 0 Å². The molecule has 1 aliphatic rings. The normalized spacial score (nSPS) is 15.7. The molecule has 1 aromatic carbocycles. The molecule has 2 heterocycles. The summed E-state index contributed by atoms with van der Waals surface area (Å²) in [5, 5.41) is 4.33. The molecule has 23 heavy (non-hydrogen) atoms. The number of nitrogens with zero attached hydrogens (tertiary/aromatic N) is 2. The zero-order chi connectivity index (χ0) is 15.9. The van der Waals surface area contributed by atoms with E-state index in [1.54, 1.807) is 23.1 Å². The molecule has 5 heteroatoms. The van der Waals surface area contributed by atoms with Crippen LogP contribution in [0.25, 0.3) is 0 Å². The lowest BCUT2D eigenvalue weighted by Gasteiger charge is -2.34. The Morgan fingerprint density at radius 3 is 2.57 bits per heavy atom. The van der Waals surface area contributed by atoms with Gasteiger partial charge in [0.05, 0.1) is 0 Å². The second kappa shape index (κ2) is 8.52. The van der Waals surface area contributed by atoms with Gasteiger partial charge in [-0.2, -0.15) is 11.3 Å². The van der Waals surface area contributed by atoms with Crippen LogP contribution in [0.4, 0.5) is 0 Å². The van der Waals surface area contributed by atoms with Crippen molar-refractivity contribution in [3.05, 3.63) is 52.7 Å². The van der Waals surface area contributed by atoms with Crippen molar-refractivity contribution in [1.29, 1.82) is 0 Å². The molecule has 0 atom stereocenters. The number of carbonyl (C=O) groups is 1. The number of hydrogen-bond acceptors (Lipinski definition) is 4. The van der Waals surface area contributed by atoms with Crippen molar-refractivity contribution in [3.63, 3.8) is 0 Å². The summed E-state index contributed by atoms with van der Waals surface area (Å²) in [7, 11) is 0. The second-order valence-corrected chi connectivity index (χ2v) is 7.65. The van der Waals surface area contributed by atoms with Gasteiger partial charge in [-0.15, -0.1) is 11.8 Å². The van der Waals surface area contributed by atoms with E-state index >= 15 is 0 Å². The van der Waals surface area contributed by atoms with Crippen molar-refractivity contribution in [2.45, 2.75) is 17.9 Å². The summed E-state index contributed by atoms with van der Waals surface area (Å²) >= 11 is 3.51. The number of thiophene rings is 1. The molecule has 0 spiro atoms. The maximum absolute atomic E-state index is 12.3. The predicted octanol–water partition coefficient (Wildman–Crippen LogP) is 3.57. The molecule has 1 aromatic heterocycles. The van der Waals surface area contributed by atoms with Crippen LogP contribution in [0.2, 0.25) is 0 Å². The first-order valence-electron chi connectivity index (χ1n) is 8.00. The Balaban J connectivity index is 1.36. The van der Waals surface area contributed by atoms with Crippen LogP contribution in [0, 0.1) is 0 Å². The van der Waals surface area contributed by atoms with Crippen LogP contribution in [0.3, 0.4) is 0 Å². The van der Waals surface area contributed by atoms with E-state index in [1.807, 2.05) is 23.1 Å². The van der Waals surface area contributed by atoms with Crippen LogP contribution in [-0.2, 0) is 11.3 Å². The van der Waals surface area contributed by atoms with Crippen LogP contribution >= 0.6 is 23.1 Å². The molecule has 0 N–H and O–H groups in total. The highest BCUT2D eigenvalue weighted by atomic mass is 32.2. The number of benzene rings is 1. The van der Waals surface area contributed by atoms with Crippen molar-refractivity contribution in [2.24, 2.45) is 0 Å². The summed E-state index contributed by atoms with van der Waals surface area (Å²) in [6.45, 7) is 4.69. The van der Waals surface area contributed by atoms with Gasteiger partial charge in [-0.3, -0.25) is 9.69 Å². The van der Waals surface area contributed by atoms with Crippen molar-refractivity contribution < 1.29 is 4.79 Å². The fraction of sp³-hybridized carbons (Fsp3) is 0.389. The molecule has 3 rings (SSSR count). The Hall–Kier alpha value is -1.30. The average molecular weight is 347 g/mol. The van der Waals surface area contributed by atoms with Gasteiger partial charge in [-0.25, -0.2) is 0 Å². The van der Waals surface area contributed by atoms with Crippen LogP contribution in [-0.4, -0.2) is 47.6 Å². The molecule has 0 radical (unpaired) electrons. The Labute approximate surface area is 146 Å². The van der Waals surface area contributed by atoms with Crippen molar-refractivity contribution in [3.8, 4) is 0 Å². The van der Waals surface area contributed by atoms with Crippen LogP contribution in [0.15, 0.2) is 52.1 Å². The largest absolute Gasteiger partial charge is 0.340 e. The first-order chi connectivity index (χ1) is 11.3. The smallest absolute Gasteiger partial charge is 0.223 e. The highest BCUT2D eigenvalue weighted by Gasteiger charge is 2.20. The molecule has 0 aliphatic carbocycles. The van der Waals surface area contributed by atoms with E-state index in [0.29, 0.717) is 12.3 Å². The molecule has 1 fully saturated rings. The van der Waals surface area contributed by atoms with E-state index in [1.165, 1.54) is 10.5 Å². The molecule has 3 nitrogen and oxygen atoms in total. The molecule has 122 valence electrons. The van der Waals surface area contributed by atoms with E-state index in [-0.39, 0.29) is 0 Å². The molecule has 2 aromatic rings. The SMILES string of the molecule is O=C(CCSc1ccccc1)N1CCN(Cc2ccsc2)CC1. The number of piperazine rings is 1. The Bertz CT molecular complexity index is 593. The van der Waals surface area contributed by atoms with E-state index < -0.39 is 0 Å². The van der Waals surface area contributed by atoms with Gasteiger partial charge in [0.25, 0.3) is 0 Å². The monoisotopic (exact) mass is 346 g/mol. The minimum absolute atomic E-state index is 0.295. The summed E-state index contributed by atoms with van der Waals surface area (Å²) in [5.41, 5.74) is 1.38. The van der Waals surface area contributed by atoms with Gasteiger partial charge in [0.1, 0.15) is 0 Å². The Morgan fingerprint density at radius 1 is 1.09 bits per heavy atom. The minimum Gasteiger partial charge on any atom is -0.340 e. The van der Waals surface area contributed by atoms with Crippen LogP contribution in [0.5, 0.6) is 0 Å². The number of hydrogen-bond donors (Lipinski definition) is 0. The standard InChI is InChI=1S/C18H22N2OS2/c21-18(7-13-23-17-4-2-1-3-5-17)20-10-8-19(9-11-20)14-16-6-12-22-15-16/h1-6,12,15H,7-11,13-14H2. The fourth-order valence-corrected chi connectivity index (χ4v) is 4.25. The first-order valence-corrected chi connectivity index (χ1v) is 9.93. The summed E-state index contributed by atoms with van der Waals surface area (Å²) < 4.78 is 0. The van der Waals surface area contributed by atoms with Crippen molar-refractivity contribution >= 4 is 29.0 Å². The molecule has 1 amide bonds. The number of amides is 1. The van der Waals surface area contributed by atoms with Gasteiger partial charge in [0, 0.05) is 49.8 Å². The van der Waals surface area contributed by atoms with Crippen LogP contribution in [0.1, 0.15) is 12.0 Å². The Morgan fingerprint density at radius 2 is 1.87 bits per heavy atom. The van der Waals surface area contributed by atoms with Gasteiger partial charge in [-0.05, 0) is 34.5 Å². The number of carbonyl (C=O) groups excluding carboxylic acids is 1. The fourth-order valence-electron chi connectivity index (χ4n) is 2.73. The summed E-state index contributed by atoms with van der Waals surface area (Å²) in [6.07, 6.45) is 0.629. The van der Waals surface area contributed by atoms with Crippen molar-refractivity contribution in [2.75, 3.05) is 31.9 Å². The van der Waals surface area contributed by atoms with E-state index in [4.69, 9.17) is 0 Å². The first kappa shape index (κ1) is 16.6. The van der Waals surface area contributed by atoms with Crippen LogP contribution < -0.4 is 0 Å². The second-order valence-electron chi connectivity index (χ2n) is 5.70.